The van der Waals surface area contributed by atoms with Gasteiger partial charge in [-0.25, -0.2) is 0 Å². The Morgan fingerprint density at radius 3 is 1.93 bits per heavy atom. The van der Waals surface area contributed by atoms with Crippen LogP contribution in [0.25, 0.3) is 0 Å². The minimum atomic E-state index is -1.89. The molecule has 0 N–H and O–H groups in total. The first-order valence-corrected chi connectivity index (χ1v) is 17.0. The Morgan fingerprint density at radius 2 is 1.43 bits per heavy atom. The summed E-state index contributed by atoms with van der Waals surface area (Å²) in [5.41, 5.74) is 3.01. The highest BCUT2D eigenvalue weighted by Gasteiger charge is 2.49. The van der Waals surface area contributed by atoms with Crippen LogP contribution in [-0.2, 0) is 8.85 Å². The second kappa shape index (κ2) is 7.51. The molecule has 1 fully saturated rings. The van der Waals surface area contributed by atoms with Crippen molar-refractivity contribution in [2.24, 2.45) is 5.41 Å². The van der Waals surface area contributed by atoms with Crippen molar-refractivity contribution in [3.63, 3.8) is 0 Å². The Kier molecular flexibility index (Phi) is 6.47. The molecular formula is C24H46O2Si2. The molecule has 2 aliphatic rings. The summed E-state index contributed by atoms with van der Waals surface area (Å²) in [4.78, 5) is 0. The predicted molar refractivity (Wildman–Crippen MR) is 128 cm³/mol. The van der Waals surface area contributed by atoms with Gasteiger partial charge in [-0.15, -0.1) is 0 Å². The van der Waals surface area contributed by atoms with Crippen LogP contribution in [0.15, 0.2) is 23.8 Å². The molecule has 0 radical (unpaired) electrons. The van der Waals surface area contributed by atoms with E-state index in [1.165, 1.54) is 18.4 Å². The average Bonchev–Trinajstić information content (AvgIpc) is 2.47. The second-order valence-electron chi connectivity index (χ2n) is 12.4. The summed E-state index contributed by atoms with van der Waals surface area (Å²) in [6.45, 7) is 30.3. The summed E-state index contributed by atoms with van der Waals surface area (Å²) in [6.07, 6.45) is 7.22. The third-order valence-electron chi connectivity index (χ3n) is 8.24. The SMILES string of the molecule is C=C1CCCC2=CC(O[Si](C)(C)C(C)(C)C)C(O[Si](C)(C)C(C)(C)C)CC12C. The third kappa shape index (κ3) is 4.60. The number of hydrogen-bond acceptors (Lipinski definition) is 2. The highest BCUT2D eigenvalue weighted by atomic mass is 28.4. The summed E-state index contributed by atoms with van der Waals surface area (Å²) in [6, 6.07) is 0. The Hall–Kier alpha value is -0.166. The number of allylic oxidation sites excluding steroid dienone is 2. The molecule has 0 heterocycles. The lowest BCUT2D eigenvalue weighted by atomic mass is 9.62. The van der Waals surface area contributed by atoms with Crippen molar-refractivity contribution >= 4 is 16.6 Å². The normalized spacial score (nSPS) is 30.1. The molecule has 2 rings (SSSR count). The van der Waals surface area contributed by atoms with Crippen molar-refractivity contribution < 1.29 is 8.85 Å². The fourth-order valence-electron chi connectivity index (χ4n) is 3.93. The highest BCUT2D eigenvalue weighted by Crippen LogP contribution is 2.52. The maximum atomic E-state index is 7.03. The zero-order chi connectivity index (χ0) is 21.8. The summed E-state index contributed by atoms with van der Waals surface area (Å²) >= 11 is 0. The van der Waals surface area contributed by atoms with Gasteiger partial charge in [-0.2, -0.15) is 0 Å². The van der Waals surface area contributed by atoms with Crippen LogP contribution in [0.5, 0.6) is 0 Å². The molecule has 0 amide bonds. The van der Waals surface area contributed by atoms with Gasteiger partial charge in [-0.05, 0) is 61.9 Å². The van der Waals surface area contributed by atoms with Crippen LogP contribution in [0.3, 0.4) is 0 Å². The maximum Gasteiger partial charge on any atom is 0.193 e. The molecule has 0 bridgehead atoms. The van der Waals surface area contributed by atoms with E-state index in [-0.39, 0.29) is 27.7 Å². The van der Waals surface area contributed by atoms with E-state index in [2.05, 4.69) is 87.3 Å². The van der Waals surface area contributed by atoms with E-state index in [0.717, 1.165) is 12.8 Å². The summed E-state index contributed by atoms with van der Waals surface area (Å²) in [5, 5.41) is 0.396. The molecular weight excluding hydrogens is 376 g/mol. The molecule has 0 saturated heterocycles. The molecule has 0 aromatic heterocycles. The standard InChI is InChI=1S/C24H46O2Si2/c1-18-14-13-15-19-16-20(25-27(9,10)22(2,3)4)21(17-24(18,19)8)26-28(11,12)23(5,6)7/h16,20-21H,1,13-15,17H2,2-12H3. The van der Waals surface area contributed by atoms with Gasteiger partial charge in [0, 0.05) is 5.41 Å². The monoisotopic (exact) mass is 422 g/mol. The van der Waals surface area contributed by atoms with Crippen LogP contribution >= 0.6 is 0 Å². The molecule has 3 unspecified atom stereocenters. The lowest BCUT2D eigenvalue weighted by Crippen LogP contribution is -2.54. The molecule has 0 aromatic rings. The zero-order valence-corrected chi connectivity index (χ0v) is 22.6. The summed E-state index contributed by atoms with van der Waals surface area (Å²) in [5.74, 6) is 0. The molecule has 0 aliphatic heterocycles. The average molecular weight is 423 g/mol. The van der Waals surface area contributed by atoms with E-state index >= 15 is 0 Å². The topological polar surface area (TPSA) is 18.5 Å². The Balaban J connectivity index is 2.43. The lowest BCUT2D eigenvalue weighted by molar-refractivity contribution is 0.0274. The highest BCUT2D eigenvalue weighted by molar-refractivity contribution is 6.74. The summed E-state index contributed by atoms with van der Waals surface area (Å²) in [7, 11) is -3.78. The van der Waals surface area contributed by atoms with Gasteiger partial charge in [0.15, 0.2) is 16.6 Å². The molecule has 0 spiro atoms. The summed E-state index contributed by atoms with van der Waals surface area (Å²) < 4.78 is 14.0. The number of hydrogen-bond donors (Lipinski definition) is 0. The second-order valence-corrected chi connectivity index (χ2v) is 22.0. The molecule has 0 aromatic carbocycles. The van der Waals surface area contributed by atoms with E-state index < -0.39 is 16.6 Å². The van der Waals surface area contributed by atoms with Gasteiger partial charge in [-0.3, -0.25) is 0 Å². The Morgan fingerprint density at radius 1 is 0.929 bits per heavy atom. The number of fused-ring (bicyclic) bond motifs is 1. The molecule has 2 aliphatic carbocycles. The maximum absolute atomic E-state index is 7.03. The van der Waals surface area contributed by atoms with Crippen LogP contribution < -0.4 is 0 Å². The minimum absolute atomic E-state index is 0.0731. The molecule has 162 valence electrons. The van der Waals surface area contributed by atoms with Crippen molar-refractivity contribution in [2.75, 3.05) is 0 Å². The first kappa shape index (κ1) is 24.1. The van der Waals surface area contributed by atoms with Crippen molar-refractivity contribution in [2.45, 2.75) is 123 Å². The van der Waals surface area contributed by atoms with Crippen LogP contribution in [0.1, 0.15) is 74.1 Å². The predicted octanol–water partition coefficient (Wildman–Crippen LogP) is 7.84. The molecule has 4 heteroatoms. The van der Waals surface area contributed by atoms with Crippen molar-refractivity contribution in [3.8, 4) is 0 Å². The van der Waals surface area contributed by atoms with Crippen molar-refractivity contribution in [3.05, 3.63) is 23.8 Å². The third-order valence-corrected chi connectivity index (χ3v) is 17.2. The van der Waals surface area contributed by atoms with Gasteiger partial charge >= 0.3 is 0 Å². The lowest BCUT2D eigenvalue weighted by Gasteiger charge is -2.51. The molecule has 1 saturated carbocycles. The van der Waals surface area contributed by atoms with Gasteiger partial charge in [0.2, 0.25) is 0 Å². The molecule has 3 atom stereocenters. The Labute approximate surface area is 177 Å². The van der Waals surface area contributed by atoms with E-state index in [1.807, 2.05) is 0 Å². The first-order chi connectivity index (χ1) is 12.4. The van der Waals surface area contributed by atoms with Gasteiger partial charge in [0.25, 0.3) is 0 Å². The van der Waals surface area contributed by atoms with Gasteiger partial charge < -0.3 is 8.85 Å². The van der Waals surface area contributed by atoms with Gasteiger partial charge in [0.05, 0.1) is 12.2 Å². The largest absolute Gasteiger partial charge is 0.411 e. The van der Waals surface area contributed by atoms with Gasteiger partial charge in [0.1, 0.15) is 0 Å². The molecule has 2 nitrogen and oxygen atoms in total. The quantitative estimate of drug-likeness (QED) is 0.339. The first-order valence-electron chi connectivity index (χ1n) is 11.2. The van der Waals surface area contributed by atoms with E-state index in [4.69, 9.17) is 8.85 Å². The molecule has 28 heavy (non-hydrogen) atoms. The van der Waals surface area contributed by atoms with Crippen LogP contribution in [-0.4, -0.2) is 28.8 Å². The van der Waals surface area contributed by atoms with Crippen LogP contribution in [0.4, 0.5) is 0 Å². The van der Waals surface area contributed by atoms with Crippen LogP contribution in [0, 0.1) is 5.41 Å². The van der Waals surface area contributed by atoms with Crippen molar-refractivity contribution in [1.82, 2.24) is 0 Å². The smallest absolute Gasteiger partial charge is 0.193 e. The van der Waals surface area contributed by atoms with E-state index in [0.29, 0.717) is 0 Å². The number of rotatable bonds is 4. The zero-order valence-electron chi connectivity index (χ0n) is 20.6. The Bertz CT molecular complexity index is 634. The van der Waals surface area contributed by atoms with Crippen molar-refractivity contribution in [1.29, 1.82) is 0 Å². The van der Waals surface area contributed by atoms with E-state index in [1.54, 1.807) is 5.57 Å². The van der Waals surface area contributed by atoms with Gasteiger partial charge in [-0.1, -0.05) is 72.3 Å². The van der Waals surface area contributed by atoms with E-state index in [9.17, 15) is 0 Å². The van der Waals surface area contributed by atoms with Crippen LogP contribution in [0.2, 0.25) is 36.3 Å². The fourth-order valence-corrected chi connectivity index (χ4v) is 6.51. The minimum Gasteiger partial charge on any atom is -0.411 e. The fraction of sp³-hybridized carbons (Fsp3) is 0.833.